The summed E-state index contributed by atoms with van der Waals surface area (Å²) in [7, 11) is 0. The molecular weight excluding hydrogens is 488 g/mol. The zero-order valence-corrected chi connectivity index (χ0v) is 17.4. The first-order chi connectivity index (χ1) is 16.3. The standard InChI is InChI=1S/C4H4N12O4.2CH8N6.H2O/c17-15(18)7-3-5-9-11-13(3)1-2-14-4(6-10-12-14)8-16(19)20;2*2-5-1(6-3)7-4;/h1-2H2;2*2-4H2,(H2,5,6,7);1H2/q-2;;;/p+2. The van der Waals surface area contributed by atoms with Gasteiger partial charge in [0.1, 0.15) is 22.0 Å². The third-order valence-electron chi connectivity index (χ3n) is 2.76. The second kappa shape index (κ2) is 18.1. The third-order valence-corrected chi connectivity index (χ3v) is 2.76. The summed E-state index contributed by atoms with van der Waals surface area (Å²) >= 11 is 0. The van der Waals surface area contributed by atoms with Crippen LogP contribution < -0.4 is 67.0 Å². The summed E-state index contributed by atoms with van der Waals surface area (Å²) in [5.41, 5.74) is 14.5. The number of aromatic nitrogens is 8. The number of aryl methyl sites for hydroxylation is 2. The molecule has 29 nitrogen and oxygen atoms in total. The first-order valence-corrected chi connectivity index (χ1v) is 8.04. The van der Waals surface area contributed by atoms with Crippen molar-refractivity contribution in [3.63, 3.8) is 0 Å². The molecule has 0 aliphatic carbocycles. The minimum atomic E-state index is -0.952. The van der Waals surface area contributed by atoms with Crippen LogP contribution in [0.5, 0.6) is 0 Å². The van der Waals surface area contributed by atoms with E-state index in [1.807, 2.05) is 0 Å². The van der Waals surface area contributed by atoms with E-state index in [2.05, 4.69) is 73.8 Å². The Balaban J connectivity index is 0. The Morgan fingerprint density at radius 1 is 0.800 bits per heavy atom. The van der Waals surface area contributed by atoms with Crippen molar-refractivity contribution in [2.75, 3.05) is 0 Å². The SMILES string of the molecule is NNC(NN)=[NH+]N.NNC(NN)=[NH+]N.O.O=[N+]([O-])[N-]c1nnnn1CCn1nnnc1[N-][N+](=O)[O-]. The van der Waals surface area contributed by atoms with Crippen molar-refractivity contribution in [2.45, 2.75) is 13.1 Å². The summed E-state index contributed by atoms with van der Waals surface area (Å²) in [5.74, 6) is 28.8. The zero-order chi connectivity index (χ0) is 25.9. The lowest BCUT2D eigenvalue weighted by Gasteiger charge is -2.11. The van der Waals surface area contributed by atoms with Gasteiger partial charge in [0.25, 0.3) is 0 Å². The van der Waals surface area contributed by atoms with Crippen molar-refractivity contribution in [3.8, 4) is 0 Å². The van der Waals surface area contributed by atoms with Gasteiger partial charge in [-0.3, -0.25) is 11.7 Å². The number of rotatable bonds is 7. The average Bonchev–Trinajstić information content (AvgIpc) is 3.44. The average molecular weight is 512 g/mol. The van der Waals surface area contributed by atoms with Gasteiger partial charge in [0, 0.05) is 13.1 Å². The van der Waals surface area contributed by atoms with Gasteiger partial charge in [-0.25, -0.2) is 52.1 Å². The number of tetrazole rings is 2. The second-order valence-electron chi connectivity index (χ2n) is 4.70. The van der Waals surface area contributed by atoms with Crippen molar-refractivity contribution < 1.29 is 25.7 Å². The molecule has 0 atom stereocenters. The maximum absolute atomic E-state index is 10.2. The van der Waals surface area contributed by atoms with Gasteiger partial charge in [-0.2, -0.15) is 33.6 Å². The number of hydrazone groups is 2. The van der Waals surface area contributed by atoms with Crippen molar-refractivity contribution in [3.05, 3.63) is 31.1 Å². The molecule has 0 unspecified atom stereocenters. The van der Waals surface area contributed by atoms with Crippen molar-refractivity contribution in [2.24, 2.45) is 35.1 Å². The van der Waals surface area contributed by atoms with Gasteiger partial charge in [-0.05, 0) is 0 Å². The van der Waals surface area contributed by atoms with Crippen LogP contribution >= 0.6 is 0 Å². The molecule has 0 spiro atoms. The van der Waals surface area contributed by atoms with E-state index in [1.54, 1.807) is 0 Å². The molecule has 35 heavy (non-hydrogen) atoms. The largest absolute Gasteiger partial charge is 0.412 e. The number of nitro groups is 2. The predicted molar refractivity (Wildman–Crippen MR) is 109 cm³/mol. The minimum Gasteiger partial charge on any atom is -0.412 e. The maximum atomic E-state index is 10.2. The van der Waals surface area contributed by atoms with Crippen LogP contribution in [0.25, 0.3) is 10.9 Å². The van der Waals surface area contributed by atoms with E-state index in [0.717, 1.165) is 9.36 Å². The first kappa shape index (κ1) is 31.7. The monoisotopic (exact) mass is 512 g/mol. The number of nitrogens with one attached hydrogen (secondary N) is 6. The number of nitrogens with zero attached hydrogens (tertiary/aromatic N) is 12. The predicted octanol–water partition coefficient (Wildman–Crippen LogP) is -11.6. The van der Waals surface area contributed by atoms with E-state index in [0.29, 0.717) is 0 Å². The topological polar surface area (TPSA) is 465 Å². The van der Waals surface area contributed by atoms with E-state index in [1.165, 1.54) is 0 Å². The van der Waals surface area contributed by atoms with Crippen LogP contribution in [0.15, 0.2) is 0 Å². The fraction of sp³-hybridized carbons (Fsp3) is 0.333. The third kappa shape index (κ3) is 12.8. The summed E-state index contributed by atoms with van der Waals surface area (Å²) in [6.45, 7) is 0.00982. The Morgan fingerprint density at radius 3 is 1.31 bits per heavy atom. The van der Waals surface area contributed by atoms with Gasteiger partial charge >= 0.3 is 11.9 Å². The number of hydrazine groups is 6. The summed E-state index contributed by atoms with van der Waals surface area (Å²) in [4.78, 5) is 20.5. The highest BCUT2D eigenvalue weighted by Crippen LogP contribution is 2.14. The zero-order valence-electron chi connectivity index (χ0n) is 17.4. The highest BCUT2D eigenvalue weighted by molar-refractivity contribution is 5.72. The van der Waals surface area contributed by atoms with E-state index in [9.17, 15) is 20.2 Å². The van der Waals surface area contributed by atoms with E-state index in [-0.39, 0.29) is 42.4 Å². The molecule has 2 aromatic rings. The summed E-state index contributed by atoms with van der Waals surface area (Å²) < 4.78 is 2.03. The number of guanidine groups is 2. The molecule has 2 heterocycles. The van der Waals surface area contributed by atoms with Gasteiger partial charge in [0.2, 0.25) is 0 Å². The lowest BCUT2D eigenvalue weighted by Crippen LogP contribution is -2.86. The van der Waals surface area contributed by atoms with Crippen molar-refractivity contribution in [1.82, 2.24) is 62.1 Å². The van der Waals surface area contributed by atoms with E-state index >= 15 is 0 Å². The van der Waals surface area contributed by atoms with Gasteiger partial charge in [-0.1, -0.05) is 10.9 Å². The molecule has 0 aromatic carbocycles. The molecule has 0 saturated carbocycles. The molecule has 0 bridgehead atoms. The van der Waals surface area contributed by atoms with Gasteiger partial charge in [0.05, 0.1) is 0 Å². The van der Waals surface area contributed by atoms with Crippen LogP contribution in [0, 0.1) is 20.2 Å². The van der Waals surface area contributed by atoms with E-state index in [4.69, 9.17) is 35.1 Å². The van der Waals surface area contributed by atoms with Crippen LogP contribution in [0.1, 0.15) is 0 Å². The van der Waals surface area contributed by atoms with E-state index < -0.39 is 10.1 Å². The summed E-state index contributed by atoms with van der Waals surface area (Å²) in [5, 5.41) is 42.9. The van der Waals surface area contributed by atoms with Crippen LogP contribution in [0.4, 0.5) is 11.9 Å². The quantitative estimate of drug-likeness (QED) is 0.0538. The highest BCUT2D eigenvalue weighted by Gasteiger charge is 2.05. The molecular formula is C6H24N24O5. The molecule has 0 saturated heterocycles. The Morgan fingerprint density at radius 2 is 1.11 bits per heavy atom. The van der Waals surface area contributed by atoms with Gasteiger partial charge in [-0.15, -0.1) is 20.9 Å². The lowest BCUT2D eigenvalue weighted by molar-refractivity contribution is -0.474. The molecule has 0 amide bonds. The Bertz CT molecular complexity index is 831. The molecule has 0 fully saturated rings. The molecule has 0 radical (unpaired) electrons. The molecule has 2 aromatic heterocycles. The molecule has 20 N–H and O–H groups in total. The second-order valence-corrected chi connectivity index (χ2v) is 4.70. The smallest absolute Gasteiger partial charge is 0.398 e. The van der Waals surface area contributed by atoms with Crippen LogP contribution in [-0.2, 0) is 13.1 Å². The van der Waals surface area contributed by atoms with Crippen molar-refractivity contribution >= 4 is 23.8 Å². The summed E-state index contributed by atoms with van der Waals surface area (Å²) in [6.07, 6.45) is 0. The normalized spacial score (nSPS) is 8.69. The van der Waals surface area contributed by atoms with Crippen molar-refractivity contribution in [1.29, 1.82) is 0 Å². The fourth-order valence-electron chi connectivity index (χ4n) is 1.42. The molecule has 0 aliphatic heterocycles. The van der Waals surface area contributed by atoms with Crippen LogP contribution in [0.3, 0.4) is 0 Å². The Kier molecular flexibility index (Phi) is 16.4. The number of hydrogen-bond acceptors (Lipinski definition) is 16. The first-order valence-electron chi connectivity index (χ1n) is 8.04. The van der Waals surface area contributed by atoms with Gasteiger partial charge < -0.3 is 14.8 Å². The van der Waals surface area contributed by atoms with Crippen LogP contribution in [0.2, 0.25) is 0 Å². The lowest BCUT2D eigenvalue weighted by atomic mass is 10.6. The minimum absolute atomic E-state index is 0. The molecule has 0 aliphatic rings. The maximum Gasteiger partial charge on any atom is 0.398 e. The molecule has 2 rings (SSSR count). The fourth-order valence-corrected chi connectivity index (χ4v) is 1.42. The highest BCUT2D eigenvalue weighted by atomic mass is 16.7. The Labute approximate surface area is 192 Å². The Hall–Kier alpha value is -5.52. The van der Waals surface area contributed by atoms with Crippen LogP contribution in [-0.4, -0.2) is 67.9 Å². The van der Waals surface area contributed by atoms with Gasteiger partial charge in [0.15, 0.2) is 0 Å². The molecule has 198 valence electrons. The molecule has 29 heteroatoms. The number of nitrogens with two attached hydrogens (primary N) is 6. The number of hydrogen-bond donors (Lipinski definition) is 12. The summed E-state index contributed by atoms with van der Waals surface area (Å²) in [6, 6.07) is 0.